The van der Waals surface area contributed by atoms with Crippen molar-refractivity contribution >= 4 is 27.8 Å². The molecule has 6 heterocycles. The third-order valence-corrected chi connectivity index (χ3v) is 6.02. The summed E-state index contributed by atoms with van der Waals surface area (Å²) in [5.74, 6) is -0.126. The average Bonchev–Trinajstić information content (AvgIpc) is 3.54. The number of nitrogens with one attached hydrogen (secondary N) is 3. The van der Waals surface area contributed by atoms with Gasteiger partial charge in [0.25, 0.3) is 0 Å². The third kappa shape index (κ3) is 4.08. The standard InChI is InChI=1S/C27H22FN9/c1-3-5-15(2)33-18-10-17(12-30-13-18)23-22(28)21-20(14-32-23)36-37-25(21)27-34-24-19(7-9-31-26(24)35-27)16-6-4-8-29-11-16/h4,6-14,33H,2-3,5H2,1H3,(H,36,37)(H,31,34,35). The van der Waals surface area contributed by atoms with Crippen LogP contribution in [0.2, 0.25) is 0 Å². The fourth-order valence-corrected chi connectivity index (χ4v) is 4.34. The van der Waals surface area contributed by atoms with Crippen LogP contribution in [0, 0.1) is 5.82 Å². The molecule has 6 aromatic rings. The van der Waals surface area contributed by atoms with Crippen LogP contribution < -0.4 is 5.32 Å². The van der Waals surface area contributed by atoms with Crippen LogP contribution in [0.15, 0.2) is 73.7 Å². The Balaban J connectivity index is 1.44. The number of hydrogen-bond donors (Lipinski definition) is 3. The predicted molar refractivity (Wildman–Crippen MR) is 141 cm³/mol. The summed E-state index contributed by atoms with van der Waals surface area (Å²) in [5, 5.41) is 10.7. The highest BCUT2D eigenvalue weighted by Crippen LogP contribution is 2.34. The first kappa shape index (κ1) is 22.5. The minimum Gasteiger partial charge on any atom is -0.358 e. The van der Waals surface area contributed by atoms with Crippen LogP contribution in [-0.4, -0.2) is 40.1 Å². The van der Waals surface area contributed by atoms with E-state index in [0.29, 0.717) is 33.8 Å². The number of rotatable bonds is 7. The van der Waals surface area contributed by atoms with Crippen molar-refractivity contribution in [3.05, 3.63) is 79.5 Å². The van der Waals surface area contributed by atoms with Gasteiger partial charge in [0.05, 0.1) is 34.5 Å². The minimum atomic E-state index is -0.520. The topological polar surface area (TPSA) is 121 Å². The smallest absolute Gasteiger partial charge is 0.178 e. The molecule has 0 unspecified atom stereocenters. The van der Waals surface area contributed by atoms with Gasteiger partial charge in [-0.1, -0.05) is 26.0 Å². The Hall–Kier alpha value is -4.99. The van der Waals surface area contributed by atoms with Gasteiger partial charge in [-0.2, -0.15) is 5.10 Å². The molecular weight excluding hydrogens is 469 g/mol. The second kappa shape index (κ2) is 9.23. The third-order valence-electron chi connectivity index (χ3n) is 6.02. The highest BCUT2D eigenvalue weighted by Gasteiger charge is 2.21. The lowest BCUT2D eigenvalue weighted by atomic mass is 10.1. The number of nitrogens with zero attached hydrogens (tertiary/aromatic N) is 6. The molecule has 6 aromatic heterocycles. The first-order valence-electron chi connectivity index (χ1n) is 11.8. The maximum absolute atomic E-state index is 16.0. The zero-order valence-corrected chi connectivity index (χ0v) is 20.0. The van der Waals surface area contributed by atoms with E-state index in [9.17, 15) is 0 Å². The number of anilines is 1. The van der Waals surface area contributed by atoms with Crippen molar-refractivity contribution in [2.24, 2.45) is 0 Å². The summed E-state index contributed by atoms with van der Waals surface area (Å²) in [6, 6.07) is 7.51. The number of halogens is 1. The van der Waals surface area contributed by atoms with Crippen LogP contribution in [0.25, 0.3) is 56.0 Å². The summed E-state index contributed by atoms with van der Waals surface area (Å²) < 4.78 is 16.0. The Morgan fingerprint density at radius 2 is 1.92 bits per heavy atom. The van der Waals surface area contributed by atoms with Gasteiger partial charge in [-0.3, -0.25) is 20.1 Å². The molecular formula is C27H22FN9. The van der Waals surface area contributed by atoms with Gasteiger partial charge in [-0.05, 0) is 24.6 Å². The monoisotopic (exact) mass is 491 g/mol. The van der Waals surface area contributed by atoms with Crippen LogP contribution in [0.3, 0.4) is 0 Å². The van der Waals surface area contributed by atoms with E-state index < -0.39 is 5.82 Å². The van der Waals surface area contributed by atoms with E-state index in [1.165, 1.54) is 0 Å². The van der Waals surface area contributed by atoms with Gasteiger partial charge in [0.15, 0.2) is 17.3 Å². The van der Waals surface area contributed by atoms with Gasteiger partial charge in [-0.25, -0.2) is 14.4 Å². The summed E-state index contributed by atoms with van der Waals surface area (Å²) >= 11 is 0. The normalized spacial score (nSPS) is 11.3. The Morgan fingerprint density at radius 3 is 2.76 bits per heavy atom. The molecule has 0 fully saturated rings. The summed E-state index contributed by atoms with van der Waals surface area (Å²) in [6.45, 7) is 6.10. The fourth-order valence-electron chi connectivity index (χ4n) is 4.34. The number of fused-ring (bicyclic) bond motifs is 2. The van der Waals surface area contributed by atoms with Crippen molar-refractivity contribution in [2.45, 2.75) is 19.8 Å². The molecule has 0 aromatic carbocycles. The van der Waals surface area contributed by atoms with Crippen molar-refractivity contribution in [3.8, 4) is 33.9 Å². The predicted octanol–water partition coefficient (Wildman–Crippen LogP) is 5.89. The molecule has 0 saturated carbocycles. The Labute approximate surface area is 211 Å². The molecule has 0 atom stereocenters. The minimum absolute atomic E-state index is 0.165. The van der Waals surface area contributed by atoms with Crippen LogP contribution in [0.4, 0.5) is 10.1 Å². The van der Waals surface area contributed by atoms with E-state index >= 15 is 4.39 Å². The Kier molecular flexibility index (Phi) is 5.61. The number of H-pyrrole nitrogens is 2. The Bertz CT molecular complexity index is 1750. The molecule has 182 valence electrons. The number of allylic oxidation sites excluding steroid dienone is 1. The molecule has 6 rings (SSSR count). The van der Waals surface area contributed by atoms with Gasteiger partial charge in [-0.15, -0.1) is 0 Å². The van der Waals surface area contributed by atoms with Gasteiger partial charge >= 0.3 is 0 Å². The average molecular weight is 492 g/mol. The largest absolute Gasteiger partial charge is 0.358 e. The molecule has 10 heteroatoms. The molecule has 0 aliphatic rings. The van der Waals surface area contributed by atoms with Crippen LogP contribution >= 0.6 is 0 Å². The van der Waals surface area contributed by atoms with E-state index in [-0.39, 0.29) is 11.1 Å². The summed E-state index contributed by atoms with van der Waals surface area (Å²) in [6.07, 6.45) is 11.8. The number of hydrogen-bond acceptors (Lipinski definition) is 7. The van der Waals surface area contributed by atoms with Gasteiger partial charge in [0, 0.05) is 47.2 Å². The first-order valence-corrected chi connectivity index (χ1v) is 11.8. The zero-order valence-electron chi connectivity index (χ0n) is 20.0. The molecule has 0 radical (unpaired) electrons. The summed E-state index contributed by atoms with van der Waals surface area (Å²) in [5.41, 5.74) is 6.09. The molecule has 0 aliphatic heterocycles. The zero-order chi connectivity index (χ0) is 25.4. The molecule has 3 N–H and O–H groups in total. The molecule has 0 spiro atoms. The fraction of sp³-hybridized carbons (Fsp3) is 0.111. The van der Waals surface area contributed by atoms with E-state index in [2.05, 4.69) is 58.9 Å². The van der Waals surface area contributed by atoms with Crippen molar-refractivity contribution in [3.63, 3.8) is 0 Å². The lowest BCUT2D eigenvalue weighted by Gasteiger charge is -2.10. The van der Waals surface area contributed by atoms with E-state index in [0.717, 1.165) is 35.4 Å². The maximum Gasteiger partial charge on any atom is 0.178 e. The molecule has 0 saturated heterocycles. The molecule has 9 nitrogen and oxygen atoms in total. The van der Waals surface area contributed by atoms with Crippen LogP contribution in [0.5, 0.6) is 0 Å². The SMILES string of the molecule is C=C(CCC)Nc1cncc(-c2ncc3[nH]nc(-c4nc5nccc(-c6cccnc6)c5[nH]4)c3c2F)c1. The van der Waals surface area contributed by atoms with Crippen molar-refractivity contribution in [2.75, 3.05) is 5.32 Å². The first-order chi connectivity index (χ1) is 18.1. The van der Waals surface area contributed by atoms with Gasteiger partial charge < -0.3 is 10.3 Å². The molecule has 37 heavy (non-hydrogen) atoms. The molecule has 0 aliphatic carbocycles. The number of aromatic nitrogens is 8. The highest BCUT2D eigenvalue weighted by atomic mass is 19.1. The van der Waals surface area contributed by atoms with Crippen molar-refractivity contribution in [1.82, 2.24) is 40.1 Å². The summed E-state index contributed by atoms with van der Waals surface area (Å²) in [7, 11) is 0. The van der Waals surface area contributed by atoms with Gasteiger partial charge in [0.1, 0.15) is 11.4 Å². The van der Waals surface area contributed by atoms with E-state index in [1.54, 1.807) is 43.2 Å². The molecule has 0 amide bonds. The lowest BCUT2D eigenvalue weighted by Crippen LogP contribution is -1.99. The maximum atomic E-state index is 16.0. The Morgan fingerprint density at radius 1 is 1.03 bits per heavy atom. The van der Waals surface area contributed by atoms with Crippen LogP contribution in [-0.2, 0) is 0 Å². The van der Waals surface area contributed by atoms with E-state index in [1.807, 2.05) is 18.2 Å². The second-order valence-corrected chi connectivity index (χ2v) is 8.61. The quantitative estimate of drug-likeness (QED) is 0.255. The number of pyridine rings is 4. The van der Waals surface area contributed by atoms with Crippen molar-refractivity contribution in [1.29, 1.82) is 0 Å². The van der Waals surface area contributed by atoms with Crippen molar-refractivity contribution < 1.29 is 4.39 Å². The lowest BCUT2D eigenvalue weighted by molar-refractivity contribution is 0.638. The highest BCUT2D eigenvalue weighted by molar-refractivity contribution is 5.97. The summed E-state index contributed by atoms with van der Waals surface area (Å²) in [4.78, 5) is 25.1. The van der Waals surface area contributed by atoms with Crippen LogP contribution in [0.1, 0.15) is 19.8 Å². The van der Waals surface area contributed by atoms with Gasteiger partial charge in [0.2, 0.25) is 0 Å². The number of imidazole rings is 1. The number of aromatic amines is 2. The molecule has 0 bridgehead atoms. The van der Waals surface area contributed by atoms with E-state index in [4.69, 9.17) is 0 Å². The second-order valence-electron chi connectivity index (χ2n) is 8.61.